The molecule has 0 saturated heterocycles. The molecule has 4 aromatic heterocycles. The molecule has 0 aliphatic heterocycles. The number of unbranched alkanes of at least 4 members (excludes halogenated alkanes) is 1. The van der Waals surface area contributed by atoms with Crippen LogP contribution in [0.5, 0.6) is 0 Å². The van der Waals surface area contributed by atoms with Crippen LogP contribution in [0.1, 0.15) is 25.3 Å². The molecular formula is C49H34N4O2. The lowest BCUT2D eigenvalue weighted by Gasteiger charge is -2.15. The van der Waals surface area contributed by atoms with Crippen molar-refractivity contribution in [3.63, 3.8) is 0 Å². The Kier molecular flexibility index (Phi) is 7.17. The first-order valence-electron chi connectivity index (χ1n) is 18.9. The van der Waals surface area contributed by atoms with Crippen LogP contribution in [0.4, 0.5) is 0 Å². The SMILES string of the molecule is CCCCc1ccc2c(c1)oc1c2ccc2c3ccccc3n(-c3ccccc3-c3nc(-c4ccccc4)nc(-c4cccc5oc6ccccc6c45)n3)c21. The quantitative estimate of drug-likeness (QED) is 0.165. The summed E-state index contributed by atoms with van der Waals surface area (Å²) in [5.74, 6) is 1.75. The highest BCUT2D eigenvalue weighted by Gasteiger charge is 2.23. The number of para-hydroxylation sites is 3. The molecule has 0 N–H and O–H groups in total. The van der Waals surface area contributed by atoms with Crippen LogP contribution in [-0.2, 0) is 6.42 Å². The van der Waals surface area contributed by atoms with Gasteiger partial charge in [0, 0.05) is 49.0 Å². The van der Waals surface area contributed by atoms with E-state index < -0.39 is 0 Å². The van der Waals surface area contributed by atoms with Crippen molar-refractivity contribution in [1.82, 2.24) is 19.5 Å². The van der Waals surface area contributed by atoms with E-state index in [0.717, 1.165) is 107 Å². The second kappa shape index (κ2) is 12.5. The smallest absolute Gasteiger partial charge is 0.166 e. The number of hydrogen-bond donors (Lipinski definition) is 0. The second-order valence-corrected chi connectivity index (χ2v) is 14.2. The predicted molar refractivity (Wildman–Crippen MR) is 224 cm³/mol. The maximum absolute atomic E-state index is 6.87. The zero-order valence-corrected chi connectivity index (χ0v) is 30.2. The largest absolute Gasteiger partial charge is 0.456 e. The molecule has 0 aliphatic carbocycles. The normalized spacial score (nSPS) is 11.9. The van der Waals surface area contributed by atoms with Gasteiger partial charge in [-0.25, -0.2) is 15.0 Å². The molecule has 11 rings (SSSR count). The third-order valence-corrected chi connectivity index (χ3v) is 10.9. The van der Waals surface area contributed by atoms with Gasteiger partial charge < -0.3 is 13.4 Å². The fourth-order valence-electron chi connectivity index (χ4n) is 8.26. The summed E-state index contributed by atoms with van der Waals surface area (Å²) in [6.07, 6.45) is 3.35. The third kappa shape index (κ3) is 4.98. The lowest BCUT2D eigenvalue weighted by Crippen LogP contribution is -2.03. The molecule has 0 amide bonds. The molecule has 0 unspecified atom stereocenters. The topological polar surface area (TPSA) is 69.9 Å². The summed E-state index contributed by atoms with van der Waals surface area (Å²) in [5, 5.41) is 6.50. The molecule has 7 aromatic carbocycles. The highest BCUT2D eigenvalue weighted by atomic mass is 16.3. The van der Waals surface area contributed by atoms with Gasteiger partial charge in [-0.05, 0) is 60.9 Å². The van der Waals surface area contributed by atoms with Crippen LogP contribution < -0.4 is 0 Å². The number of hydrogen-bond acceptors (Lipinski definition) is 5. The number of aryl methyl sites for hydroxylation is 1. The van der Waals surface area contributed by atoms with E-state index >= 15 is 0 Å². The maximum atomic E-state index is 6.87. The van der Waals surface area contributed by atoms with Gasteiger partial charge in [0.2, 0.25) is 0 Å². The summed E-state index contributed by atoms with van der Waals surface area (Å²) in [7, 11) is 0. The van der Waals surface area contributed by atoms with Gasteiger partial charge in [-0.2, -0.15) is 0 Å². The zero-order chi connectivity index (χ0) is 36.5. The van der Waals surface area contributed by atoms with Crippen molar-refractivity contribution in [3.05, 3.63) is 157 Å². The first-order valence-corrected chi connectivity index (χ1v) is 18.9. The minimum absolute atomic E-state index is 0.576. The average molecular weight is 711 g/mol. The van der Waals surface area contributed by atoms with Crippen molar-refractivity contribution in [3.8, 4) is 39.9 Å². The van der Waals surface area contributed by atoms with Crippen molar-refractivity contribution >= 4 is 65.7 Å². The maximum Gasteiger partial charge on any atom is 0.166 e. The summed E-state index contributed by atoms with van der Waals surface area (Å²) in [4.78, 5) is 15.6. The molecule has 6 heteroatoms. The number of furan rings is 2. The van der Waals surface area contributed by atoms with E-state index in [1.54, 1.807) is 0 Å². The molecule has 0 spiro atoms. The molecule has 0 bridgehead atoms. The molecule has 0 radical (unpaired) electrons. The molecule has 4 heterocycles. The third-order valence-electron chi connectivity index (χ3n) is 10.9. The summed E-state index contributed by atoms with van der Waals surface area (Å²) in [6.45, 7) is 2.23. The van der Waals surface area contributed by atoms with Gasteiger partial charge in [-0.15, -0.1) is 0 Å². The summed E-state index contributed by atoms with van der Waals surface area (Å²) in [5.41, 5.74) is 10.4. The Bertz CT molecular complexity index is 3260. The van der Waals surface area contributed by atoms with Crippen molar-refractivity contribution in [2.24, 2.45) is 0 Å². The number of nitrogens with zero attached hydrogens (tertiary/aromatic N) is 4. The van der Waals surface area contributed by atoms with Gasteiger partial charge in [0.05, 0.1) is 16.7 Å². The predicted octanol–water partition coefficient (Wildman–Crippen LogP) is 13.1. The van der Waals surface area contributed by atoms with Gasteiger partial charge in [0.25, 0.3) is 0 Å². The van der Waals surface area contributed by atoms with Crippen molar-refractivity contribution in [2.45, 2.75) is 26.2 Å². The molecule has 0 atom stereocenters. The summed E-state index contributed by atoms with van der Waals surface area (Å²) in [6, 6.07) is 52.4. The Hall–Kier alpha value is -7.05. The van der Waals surface area contributed by atoms with Crippen LogP contribution in [0.25, 0.3) is 106 Å². The standard InChI is InChI=1S/C49H34N4O2/c1-2-3-14-30-25-26-33-35-28-27-34-32-17-7-10-21-39(32)53(45(34)46(35)55-43(33)29-30)40-22-11-8-18-36(40)48-50-47(31-15-5-4-6-16-31)51-49(52-48)38-20-13-24-42-44(38)37-19-9-12-23-41(37)54-42/h4-13,15-29H,2-3,14H2,1H3. The number of fused-ring (bicyclic) bond motifs is 10. The van der Waals surface area contributed by atoms with Gasteiger partial charge >= 0.3 is 0 Å². The monoisotopic (exact) mass is 710 g/mol. The number of benzene rings is 7. The Balaban J connectivity index is 1.19. The van der Waals surface area contributed by atoms with Crippen LogP contribution in [-0.4, -0.2) is 19.5 Å². The Morgan fingerprint density at radius 3 is 2.09 bits per heavy atom. The number of rotatable bonds is 7. The molecule has 6 nitrogen and oxygen atoms in total. The Labute approximate surface area is 316 Å². The van der Waals surface area contributed by atoms with E-state index in [0.29, 0.717) is 17.5 Å². The Morgan fingerprint density at radius 1 is 0.509 bits per heavy atom. The van der Waals surface area contributed by atoms with Gasteiger partial charge in [0.15, 0.2) is 23.1 Å². The summed E-state index contributed by atoms with van der Waals surface area (Å²) < 4.78 is 15.5. The molecule has 0 fully saturated rings. The zero-order valence-electron chi connectivity index (χ0n) is 30.2. The van der Waals surface area contributed by atoms with E-state index in [9.17, 15) is 0 Å². The van der Waals surface area contributed by atoms with E-state index in [2.05, 4.69) is 102 Å². The molecule has 262 valence electrons. The highest BCUT2D eigenvalue weighted by Crippen LogP contribution is 2.43. The number of aromatic nitrogens is 4. The van der Waals surface area contributed by atoms with E-state index in [1.807, 2.05) is 60.7 Å². The van der Waals surface area contributed by atoms with Crippen molar-refractivity contribution in [2.75, 3.05) is 0 Å². The molecule has 0 aliphatic rings. The summed E-state index contributed by atoms with van der Waals surface area (Å²) >= 11 is 0. The van der Waals surface area contributed by atoms with Crippen LogP contribution in [0, 0.1) is 0 Å². The van der Waals surface area contributed by atoms with E-state index in [4.69, 9.17) is 23.8 Å². The minimum atomic E-state index is 0.576. The molecular weight excluding hydrogens is 677 g/mol. The average Bonchev–Trinajstić information content (AvgIpc) is 3.92. The van der Waals surface area contributed by atoms with Gasteiger partial charge in [-0.1, -0.05) is 123 Å². The molecule has 55 heavy (non-hydrogen) atoms. The second-order valence-electron chi connectivity index (χ2n) is 14.2. The van der Waals surface area contributed by atoms with Crippen LogP contribution >= 0.6 is 0 Å². The van der Waals surface area contributed by atoms with Gasteiger partial charge in [0.1, 0.15) is 16.7 Å². The fourth-order valence-corrected chi connectivity index (χ4v) is 8.26. The fraction of sp³-hybridized carbons (Fsp3) is 0.0816. The minimum Gasteiger partial charge on any atom is -0.456 e. The van der Waals surface area contributed by atoms with E-state index in [-0.39, 0.29) is 0 Å². The lowest BCUT2D eigenvalue weighted by atomic mass is 10.0. The first-order chi connectivity index (χ1) is 27.2. The first kappa shape index (κ1) is 31.5. The van der Waals surface area contributed by atoms with Gasteiger partial charge in [-0.3, -0.25) is 0 Å². The van der Waals surface area contributed by atoms with Crippen LogP contribution in [0.3, 0.4) is 0 Å². The van der Waals surface area contributed by atoms with Crippen LogP contribution in [0.2, 0.25) is 0 Å². The highest BCUT2D eigenvalue weighted by molar-refractivity contribution is 6.21. The van der Waals surface area contributed by atoms with E-state index in [1.165, 1.54) is 5.56 Å². The Morgan fingerprint density at radius 2 is 1.20 bits per heavy atom. The van der Waals surface area contributed by atoms with Crippen LogP contribution in [0.15, 0.2) is 160 Å². The lowest BCUT2D eigenvalue weighted by molar-refractivity contribution is 0.669. The molecule has 0 saturated carbocycles. The van der Waals surface area contributed by atoms with Crippen molar-refractivity contribution < 1.29 is 8.83 Å². The molecule has 11 aromatic rings. The van der Waals surface area contributed by atoms with Crippen molar-refractivity contribution in [1.29, 1.82) is 0 Å².